The van der Waals surface area contributed by atoms with Crippen LogP contribution in [0.2, 0.25) is 0 Å². The number of esters is 1. The van der Waals surface area contributed by atoms with Crippen molar-refractivity contribution in [2.75, 3.05) is 13.2 Å². The first-order valence-corrected chi connectivity index (χ1v) is 8.17. The van der Waals surface area contributed by atoms with E-state index in [0.717, 1.165) is 33.9 Å². The van der Waals surface area contributed by atoms with E-state index in [1.807, 2.05) is 44.3 Å². The van der Waals surface area contributed by atoms with Gasteiger partial charge in [-0.25, -0.2) is 9.79 Å². The lowest BCUT2D eigenvalue weighted by Crippen LogP contribution is -2.06. The van der Waals surface area contributed by atoms with Crippen LogP contribution >= 0.6 is 0 Å². The minimum absolute atomic E-state index is 0.108. The molecule has 3 N–H and O–H groups in total. The maximum absolute atomic E-state index is 12.1. The van der Waals surface area contributed by atoms with Crippen molar-refractivity contribution in [3.63, 3.8) is 0 Å². The Morgan fingerprint density at radius 3 is 2.84 bits per heavy atom. The summed E-state index contributed by atoms with van der Waals surface area (Å²) in [6, 6.07) is 3.83. The number of H-pyrrole nitrogens is 2. The zero-order valence-corrected chi connectivity index (χ0v) is 14.5. The minimum Gasteiger partial charge on any atom is -0.462 e. The lowest BCUT2D eigenvalue weighted by Gasteiger charge is -2.02. The largest absolute Gasteiger partial charge is 0.462 e. The van der Waals surface area contributed by atoms with Gasteiger partial charge in [-0.2, -0.15) is 0 Å². The number of aryl methyl sites for hydroxylation is 1. The second kappa shape index (κ2) is 6.94. The summed E-state index contributed by atoms with van der Waals surface area (Å²) in [7, 11) is 0. The van der Waals surface area contributed by atoms with Gasteiger partial charge in [-0.15, -0.1) is 0 Å². The van der Waals surface area contributed by atoms with Gasteiger partial charge in [-0.05, 0) is 50.6 Å². The molecule has 3 heterocycles. The van der Waals surface area contributed by atoms with Crippen molar-refractivity contribution in [2.45, 2.75) is 20.8 Å². The Hall–Kier alpha value is -2.86. The summed E-state index contributed by atoms with van der Waals surface area (Å²) in [5.41, 5.74) is 5.96. The van der Waals surface area contributed by atoms with Crippen LogP contribution in [0.5, 0.6) is 0 Å². The second-order valence-electron chi connectivity index (χ2n) is 5.82. The predicted molar refractivity (Wildman–Crippen MR) is 96.7 cm³/mol. The molecular formula is C19H21N3O3. The molecule has 0 unspecified atom stereocenters. The van der Waals surface area contributed by atoms with Crippen molar-refractivity contribution in [2.24, 2.45) is 4.99 Å². The van der Waals surface area contributed by atoms with E-state index in [4.69, 9.17) is 4.74 Å². The van der Waals surface area contributed by atoms with E-state index in [-0.39, 0.29) is 12.6 Å². The van der Waals surface area contributed by atoms with Crippen LogP contribution in [0.4, 0.5) is 0 Å². The molecule has 3 rings (SSSR count). The molecule has 2 aromatic rings. The molecular weight excluding hydrogens is 318 g/mol. The molecule has 0 radical (unpaired) electrons. The van der Waals surface area contributed by atoms with Gasteiger partial charge in [-0.1, -0.05) is 0 Å². The maximum atomic E-state index is 12.1. The number of aliphatic imine (C=N–C) groups is 1. The predicted octanol–water partition coefficient (Wildman–Crippen LogP) is 2.90. The Bertz CT molecular complexity index is 883. The van der Waals surface area contributed by atoms with Crippen molar-refractivity contribution < 1.29 is 14.6 Å². The van der Waals surface area contributed by atoms with Gasteiger partial charge in [0.2, 0.25) is 0 Å². The normalized spacial score (nSPS) is 15.4. The number of aromatic amines is 2. The van der Waals surface area contributed by atoms with E-state index in [2.05, 4.69) is 15.0 Å². The summed E-state index contributed by atoms with van der Waals surface area (Å²) in [6.07, 6.45) is 5.54. The van der Waals surface area contributed by atoms with Crippen LogP contribution in [-0.2, 0) is 4.74 Å². The highest BCUT2D eigenvalue weighted by Gasteiger charge is 2.20. The molecule has 0 aliphatic carbocycles. The monoisotopic (exact) mass is 339 g/mol. The van der Waals surface area contributed by atoms with E-state index in [1.165, 1.54) is 0 Å². The lowest BCUT2D eigenvalue weighted by atomic mass is 10.1. The fourth-order valence-electron chi connectivity index (χ4n) is 2.92. The number of aliphatic hydroxyl groups is 1. The minimum atomic E-state index is -0.335. The summed E-state index contributed by atoms with van der Waals surface area (Å²) in [5, 5.41) is 9.64. The van der Waals surface area contributed by atoms with E-state index < -0.39 is 0 Å². The van der Waals surface area contributed by atoms with Crippen LogP contribution in [0, 0.1) is 13.8 Å². The topological polar surface area (TPSA) is 90.5 Å². The van der Waals surface area contributed by atoms with Crippen LogP contribution in [0.15, 0.2) is 40.7 Å². The number of ether oxygens (including phenoxy) is 1. The standard InChI is InChI=1S/C19H21N3O3/c1-4-25-19(24)18-11(2)15(21-12(18)3)9-16-13(10-23)8-17(22-16)14-6-5-7-20-14/h5-9,20-21,23H,4,10H2,1-3H3/b16-9-. The molecule has 0 fully saturated rings. The van der Waals surface area contributed by atoms with Crippen molar-refractivity contribution in [3.8, 4) is 0 Å². The molecule has 0 saturated heterocycles. The zero-order valence-electron chi connectivity index (χ0n) is 14.5. The Balaban J connectivity index is 1.99. The van der Waals surface area contributed by atoms with Gasteiger partial charge < -0.3 is 19.8 Å². The molecule has 130 valence electrons. The van der Waals surface area contributed by atoms with Crippen LogP contribution < -0.4 is 0 Å². The molecule has 0 spiro atoms. The Kier molecular flexibility index (Phi) is 4.72. The van der Waals surface area contributed by atoms with Gasteiger partial charge >= 0.3 is 5.97 Å². The number of aromatic nitrogens is 2. The van der Waals surface area contributed by atoms with Crippen molar-refractivity contribution >= 4 is 17.8 Å². The summed E-state index contributed by atoms with van der Waals surface area (Å²) in [5.74, 6) is -0.335. The molecule has 0 aromatic carbocycles. The van der Waals surface area contributed by atoms with Gasteiger partial charge in [0.05, 0.1) is 35.9 Å². The van der Waals surface area contributed by atoms with E-state index in [1.54, 1.807) is 6.92 Å². The van der Waals surface area contributed by atoms with Crippen molar-refractivity contribution in [1.29, 1.82) is 0 Å². The quantitative estimate of drug-likeness (QED) is 0.732. The second-order valence-corrected chi connectivity index (χ2v) is 5.82. The number of hydrogen-bond acceptors (Lipinski definition) is 4. The molecule has 6 nitrogen and oxygen atoms in total. The molecule has 6 heteroatoms. The number of carbonyl (C=O) groups excluding carboxylic acids is 1. The Morgan fingerprint density at radius 2 is 2.20 bits per heavy atom. The van der Waals surface area contributed by atoms with E-state index in [9.17, 15) is 9.90 Å². The SMILES string of the molecule is CCOC(=O)c1c(C)[nH]c(/C=C2\N=C(c3ccc[nH]3)C=C2CO)c1C. The molecule has 0 saturated carbocycles. The lowest BCUT2D eigenvalue weighted by molar-refractivity contribution is 0.0525. The smallest absolute Gasteiger partial charge is 0.340 e. The van der Waals surface area contributed by atoms with E-state index >= 15 is 0 Å². The van der Waals surface area contributed by atoms with Gasteiger partial charge in [0.25, 0.3) is 0 Å². The number of hydrogen-bond donors (Lipinski definition) is 3. The van der Waals surface area contributed by atoms with Gasteiger partial charge in [0.1, 0.15) is 0 Å². The molecule has 1 aliphatic heterocycles. The average Bonchev–Trinajstić information content (AvgIpc) is 3.28. The number of carbonyl (C=O) groups is 1. The molecule has 0 amide bonds. The number of nitrogens with zero attached hydrogens (tertiary/aromatic N) is 1. The molecule has 0 bridgehead atoms. The summed E-state index contributed by atoms with van der Waals surface area (Å²) in [4.78, 5) is 23.0. The van der Waals surface area contributed by atoms with Crippen LogP contribution in [0.1, 0.15) is 39.9 Å². The Morgan fingerprint density at radius 1 is 1.40 bits per heavy atom. The molecule has 25 heavy (non-hydrogen) atoms. The van der Waals surface area contributed by atoms with Crippen molar-refractivity contribution in [3.05, 3.63) is 63.9 Å². The number of rotatable bonds is 5. The average molecular weight is 339 g/mol. The highest BCUT2D eigenvalue weighted by Crippen LogP contribution is 2.27. The highest BCUT2D eigenvalue weighted by molar-refractivity contribution is 6.11. The van der Waals surface area contributed by atoms with Gasteiger partial charge in [0, 0.05) is 23.2 Å². The van der Waals surface area contributed by atoms with E-state index in [0.29, 0.717) is 17.9 Å². The first-order chi connectivity index (χ1) is 12.0. The third kappa shape index (κ3) is 3.21. The third-order valence-corrected chi connectivity index (χ3v) is 4.16. The molecule has 0 atom stereocenters. The Labute approximate surface area is 146 Å². The third-order valence-electron chi connectivity index (χ3n) is 4.16. The highest BCUT2D eigenvalue weighted by atomic mass is 16.5. The number of nitrogens with one attached hydrogen (secondary N) is 2. The fraction of sp³-hybridized carbons (Fsp3) is 0.263. The fourth-order valence-corrected chi connectivity index (χ4v) is 2.92. The van der Waals surface area contributed by atoms with Crippen LogP contribution in [0.3, 0.4) is 0 Å². The summed E-state index contributed by atoms with van der Waals surface area (Å²) < 4.78 is 5.12. The number of allylic oxidation sites excluding steroid dienone is 1. The molecule has 1 aliphatic rings. The zero-order chi connectivity index (χ0) is 18.0. The first-order valence-electron chi connectivity index (χ1n) is 8.17. The van der Waals surface area contributed by atoms with Crippen LogP contribution in [0.25, 0.3) is 6.08 Å². The summed E-state index contributed by atoms with van der Waals surface area (Å²) in [6.45, 7) is 5.72. The summed E-state index contributed by atoms with van der Waals surface area (Å²) >= 11 is 0. The number of aliphatic hydroxyl groups excluding tert-OH is 1. The van der Waals surface area contributed by atoms with Crippen molar-refractivity contribution in [1.82, 2.24) is 9.97 Å². The first kappa shape index (κ1) is 17.0. The molecule has 2 aromatic heterocycles. The van der Waals surface area contributed by atoms with Crippen LogP contribution in [-0.4, -0.2) is 40.0 Å². The van der Waals surface area contributed by atoms with Gasteiger partial charge in [-0.3, -0.25) is 0 Å². The maximum Gasteiger partial charge on any atom is 0.340 e. The van der Waals surface area contributed by atoms with Gasteiger partial charge in [0.15, 0.2) is 0 Å².